The summed E-state index contributed by atoms with van der Waals surface area (Å²) in [6.07, 6.45) is 3.26. The molecule has 0 aromatic carbocycles. The highest BCUT2D eigenvalue weighted by Gasteiger charge is 2.12. The number of nitrogens with zero attached hydrogens (tertiary/aromatic N) is 3. The molecule has 2 aromatic rings. The van der Waals surface area contributed by atoms with Crippen molar-refractivity contribution in [2.45, 2.75) is 25.1 Å². The van der Waals surface area contributed by atoms with Crippen molar-refractivity contribution in [2.24, 2.45) is 0 Å². The van der Waals surface area contributed by atoms with Crippen molar-refractivity contribution in [3.8, 4) is 11.5 Å². The van der Waals surface area contributed by atoms with Crippen LogP contribution in [-0.2, 0) is 9.59 Å². The molecular formula is C14H17N5O3S. The van der Waals surface area contributed by atoms with Crippen LogP contribution in [0.1, 0.15) is 13.8 Å². The molecule has 0 aliphatic rings. The van der Waals surface area contributed by atoms with Crippen LogP contribution in [0.5, 0.6) is 0 Å². The van der Waals surface area contributed by atoms with Crippen LogP contribution in [0.15, 0.2) is 34.2 Å². The topological polar surface area (TPSA) is 110 Å². The Morgan fingerprint density at radius 3 is 2.83 bits per heavy atom. The molecule has 2 rings (SSSR count). The van der Waals surface area contributed by atoms with Crippen LogP contribution < -0.4 is 10.6 Å². The average Bonchev–Trinajstić information content (AvgIpc) is 3.00. The predicted octanol–water partition coefficient (Wildman–Crippen LogP) is 0.864. The van der Waals surface area contributed by atoms with Crippen molar-refractivity contribution < 1.29 is 14.0 Å². The maximum absolute atomic E-state index is 11.7. The van der Waals surface area contributed by atoms with Crippen LogP contribution in [0.3, 0.4) is 0 Å². The number of nitrogens with one attached hydrogen (secondary N) is 2. The monoisotopic (exact) mass is 335 g/mol. The normalized spacial score (nSPS) is 10.6. The minimum Gasteiger partial charge on any atom is -0.411 e. The molecule has 0 aliphatic carbocycles. The maximum Gasteiger partial charge on any atom is 0.277 e. The Balaban J connectivity index is 1.77. The van der Waals surface area contributed by atoms with E-state index in [9.17, 15) is 9.59 Å². The minimum absolute atomic E-state index is 0.0399. The second-order valence-electron chi connectivity index (χ2n) is 4.90. The Bertz CT molecular complexity index is 659. The molecule has 2 heterocycles. The van der Waals surface area contributed by atoms with Gasteiger partial charge in [-0.3, -0.25) is 14.6 Å². The molecule has 0 bridgehead atoms. The lowest BCUT2D eigenvalue weighted by atomic mass is 10.3. The van der Waals surface area contributed by atoms with Crippen molar-refractivity contribution in [1.29, 1.82) is 0 Å². The predicted molar refractivity (Wildman–Crippen MR) is 84.5 cm³/mol. The highest BCUT2D eigenvalue weighted by atomic mass is 32.2. The number of hydrogen-bond acceptors (Lipinski definition) is 7. The lowest BCUT2D eigenvalue weighted by Gasteiger charge is -2.08. The van der Waals surface area contributed by atoms with Crippen molar-refractivity contribution in [3.05, 3.63) is 24.5 Å². The second kappa shape index (κ2) is 8.28. The summed E-state index contributed by atoms with van der Waals surface area (Å²) in [6.45, 7) is 3.65. The summed E-state index contributed by atoms with van der Waals surface area (Å²) in [4.78, 5) is 27.1. The van der Waals surface area contributed by atoms with E-state index >= 15 is 0 Å². The molecule has 0 fully saturated rings. The van der Waals surface area contributed by atoms with Gasteiger partial charge in [0.15, 0.2) is 0 Å². The summed E-state index contributed by atoms with van der Waals surface area (Å²) in [6, 6.07) is 3.61. The largest absolute Gasteiger partial charge is 0.411 e. The lowest BCUT2D eigenvalue weighted by molar-refractivity contribution is -0.125. The van der Waals surface area contributed by atoms with Crippen molar-refractivity contribution >= 4 is 23.6 Å². The minimum atomic E-state index is -0.282. The van der Waals surface area contributed by atoms with E-state index in [2.05, 4.69) is 25.8 Å². The van der Waals surface area contributed by atoms with E-state index in [4.69, 9.17) is 4.42 Å². The van der Waals surface area contributed by atoms with E-state index < -0.39 is 0 Å². The summed E-state index contributed by atoms with van der Waals surface area (Å²) >= 11 is 1.11. The Kier molecular flexibility index (Phi) is 6.10. The second-order valence-corrected chi connectivity index (χ2v) is 5.83. The summed E-state index contributed by atoms with van der Waals surface area (Å²) in [5.74, 6) is -0.0775. The van der Waals surface area contributed by atoms with Crippen LogP contribution in [0, 0.1) is 0 Å². The molecule has 23 heavy (non-hydrogen) atoms. The highest BCUT2D eigenvalue weighted by molar-refractivity contribution is 7.99. The number of thioether (sulfide) groups is 1. The van der Waals surface area contributed by atoms with Gasteiger partial charge in [0.2, 0.25) is 17.7 Å². The Morgan fingerprint density at radius 1 is 1.30 bits per heavy atom. The molecular weight excluding hydrogens is 318 g/mol. The molecule has 0 unspecified atom stereocenters. The molecule has 8 nitrogen and oxygen atoms in total. The van der Waals surface area contributed by atoms with Gasteiger partial charge in [0, 0.05) is 18.4 Å². The Morgan fingerprint density at radius 2 is 2.13 bits per heavy atom. The molecule has 0 radical (unpaired) electrons. The quantitative estimate of drug-likeness (QED) is 0.722. The van der Waals surface area contributed by atoms with Gasteiger partial charge in [-0.2, -0.15) is 0 Å². The van der Waals surface area contributed by atoms with Crippen LogP contribution in [0.2, 0.25) is 0 Å². The van der Waals surface area contributed by atoms with Gasteiger partial charge in [-0.05, 0) is 26.0 Å². The first-order valence-corrected chi connectivity index (χ1v) is 7.96. The summed E-state index contributed by atoms with van der Waals surface area (Å²) < 4.78 is 5.44. The number of aromatic nitrogens is 3. The molecule has 2 aromatic heterocycles. The van der Waals surface area contributed by atoms with Gasteiger partial charge < -0.3 is 15.1 Å². The molecule has 122 valence electrons. The number of carbonyl (C=O) groups excluding carboxylic acids is 2. The Hall–Kier alpha value is -2.42. The fourth-order valence-corrected chi connectivity index (χ4v) is 2.20. The fourth-order valence-electron chi connectivity index (χ4n) is 1.60. The fraction of sp³-hybridized carbons (Fsp3) is 0.357. The van der Waals surface area contributed by atoms with Gasteiger partial charge in [0.1, 0.15) is 0 Å². The zero-order valence-corrected chi connectivity index (χ0v) is 13.6. The van der Waals surface area contributed by atoms with Crippen LogP contribution in [0.4, 0.5) is 0 Å². The third-order valence-corrected chi connectivity index (χ3v) is 3.36. The van der Waals surface area contributed by atoms with Crippen LogP contribution in [-0.4, -0.2) is 45.3 Å². The molecule has 0 aliphatic heterocycles. The zero-order valence-electron chi connectivity index (χ0n) is 12.8. The third-order valence-electron chi connectivity index (χ3n) is 2.54. The average molecular weight is 335 g/mol. The highest BCUT2D eigenvalue weighted by Crippen LogP contribution is 2.21. The van der Waals surface area contributed by atoms with E-state index in [1.165, 1.54) is 0 Å². The van der Waals surface area contributed by atoms with Crippen molar-refractivity contribution in [2.75, 3.05) is 12.3 Å². The molecule has 2 N–H and O–H groups in total. The molecule has 0 saturated heterocycles. The summed E-state index contributed by atoms with van der Waals surface area (Å²) in [5, 5.41) is 13.3. The smallest absolute Gasteiger partial charge is 0.277 e. The molecule has 0 saturated carbocycles. The van der Waals surface area contributed by atoms with Crippen LogP contribution in [0.25, 0.3) is 11.5 Å². The lowest BCUT2D eigenvalue weighted by Crippen LogP contribution is -2.40. The van der Waals surface area contributed by atoms with Gasteiger partial charge >= 0.3 is 0 Å². The van der Waals surface area contributed by atoms with Gasteiger partial charge in [-0.25, -0.2) is 0 Å². The molecule has 2 amide bonds. The van der Waals surface area contributed by atoms with E-state index in [0.29, 0.717) is 11.5 Å². The van der Waals surface area contributed by atoms with E-state index in [1.807, 2.05) is 13.8 Å². The van der Waals surface area contributed by atoms with Gasteiger partial charge in [-0.1, -0.05) is 11.8 Å². The SMILES string of the molecule is CC(C)NC(=O)CNC(=O)CSc1nnc(-c2cccnc2)o1. The Labute approximate surface area is 137 Å². The van der Waals surface area contributed by atoms with E-state index in [-0.39, 0.29) is 35.4 Å². The van der Waals surface area contributed by atoms with E-state index in [0.717, 1.165) is 11.8 Å². The van der Waals surface area contributed by atoms with Gasteiger partial charge in [-0.15, -0.1) is 10.2 Å². The maximum atomic E-state index is 11.7. The molecule has 0 spiro atoms. The summed E-state index contributed by atoms with van der Waals surface area (Å²) in [5.41, 5.74) is 0.710. The molecule has 0 atom stereocenters. The molecule has 9 heteroatoms. The van der Waals surface area contributed by atoms with E-state index in [1.54, 1.807) is 24.5 Å². The van der Waals surface area contributed by atoms with Crippen molar-refractivity contribution in [1.82, 2.24) is 25.8 Å². The van der Waals surface area contributed by atoms with Crippen molar-refractivity contribution in [3.63, 3.8) is 0 Å². The standard InChI is InChI=1S/C14H17N5O3S/c1-9(2)17-11(20)7-16-12(21)8-23-14-19-18-13(22-14)10-4-3-5-15-6-10/h3-6,9H,7-8H2,1-2H3,(H,16,21)(H,17,20). The number of hydrogen-bond donors (Lipinski definition) is 2. The van der Waals surface area contributed by atoms with Gasteiger partial charge in [0.05, 0.1) is 17.9 Å². The van der Waals surface area contributed by atoms with Gasteiger partial charge in [0.25, 0.3) is 5.22 Å². The number of carbonyl (C=O) groups is 2. The first-order chi connectivity index (χ1) is 11.0. The first-order valence-electron chi connectivity index (χ1n) is 6.97. The number of rotatable bonds is 7. The zero-order chi connectivity index (χ0) is 16.7. The first kappa shape index (κ1) is 16.9. The third kappa shape index (κ3) is 5.70. The van der Waals surface area contributed by atoms with Crippen LogP contribution >= 0.6 is 11.8 Å². The number of pyridine rings is 1. The number of amides is 2. The summed E-state index contributed by atoms with van der Waals surface area (Å²) in [7, 11) is 0.